The number of carbonyl (C=O) groups excluding carboxylic acids is 1. The molecule has 0 unspecified atom stereocenters. The topological polar surface area (TPSA) is 58.4 Å². The Kier molecular flexibility index (Phi) is 3.18. The number of amides is 1. The lowest BCUT2D eigenvalue weighted by Crippen LogP contribution is -2.31. The monoisotopic (exact) mass is 257 g/mol. The Morgan fingerprint density at radius 2 is 2.37 bits per heavy atom. The number of furan rings is 1. The summed E-state index contributed by atoms with van der Waals surface area (Å²) in [7, 11) is 0. The molecule has 3 rings (SSSR count). The Hall–Kier alpha value is -2.30. The average molecular weight is 257 g/mol. The van der Waals surface area contributed by atoms with Crippen LogP contribution in [0.5, 0.6) is 0 Å². The van der Waals surface area contributed by atoms with Crippen molar-refractivity contribution in [2.75, 3.05) is 18.4 Å². The Balaban J connectivity index is 1.60. The van der Waals surface area contributed by atoms with Crippen LogP contribution >= 0.6 is 0 Å². The van der Waals surface area contributed by atoms with E-state index >= 15 is 0 Å². The molecule has 2 aromatic rings. The van der Waals surface area contributed by atoms with Crippen LogP contribution in [-0.4, -0.2) is 34.9 Å². The molecule has 1 N–H and O–H groups in total. The fraction of sp³-hybridized carbons (Fsp3) is 0.286. The molecular weight excluding hydrogens is 242 g/mol. The van der Waals surface area contributed by atoms with E-state index in [0.29, 0.717) is 12.3 Å². The van der Waals surface area contributed by atoms with Gasteiger partial charge in [-0.05, 0) is 30.7 Å². The zero-order chi connectivity index (χ0) is 13.1. The standard InChI is InChI=1S/C14H15N3O2/c18-14(13-4-2-8-19-13)17-7-5-12(10-17)16-11-3-1-6-15-9-11/h1-4,6,8-9,12,16H,5,7,10H2/t12-/m0/s1. The van der Waals surface area contributed by atoms with E-state index in [1.165, 1.54) is 6.26 Å². The maximum Gasteiger partial charge on any atom is 0.289 e. The van der Waals surface area contributed by atoms with Crippen LogP contribution < -0.4 is 5.32 Å². The molecule has 1 saturated heterocycles. The van der Waals surface area contributed by atoms with Gasteiger partial charge in [-0.15, -0.1) is 0 Å². The highest BCUT2D eigenvalue weighted by Crippen LogP contribution is 2.17. The van der Waals surface area contributed by atoms with Gasteiger partial charge in [-0.1, -0.05) is 0 Å². The first-order valence-corrected chi connectivity index (χ1v) is 6.32. The fourth-order valence-electron chi connectivity index (χ4n) is 2.30. The molecule has 3 heterocycles. The predicted octanol–water partition coefficient (Wildman–Crippen LogP) is 2.00. The molecule has 2 aromatic heterocycles. The molecule has 0 spiro atoms. The number of rotatable bonds is 3. The second-order valence-corrected chi connectivity index (χ2v) is 4.60. The molecule has 0 bridgehead atoms. The van der Waals surface area contributed by atoms with Crippen molar-refractivity contribution in [2.24, 2.45) is 0 Å². The lowest BCUT2D eigenvalue weighted by molar-refractivity contribution is 0.0760. The lowest BCUT2D eigenvalue weighted by Gasteiger charge is -2.16. The van der Waals surface area contributed by atoms with Crippen molar-refractivity contribution < 1.29 is 9.21 Å². The van der Waals surface area contributed by atoms with Crippen molar-refractivity contribution in [3.05, 3.63) is 48.7 Å². The highest BCUT2D eigenvalue weighted by Gasteiger charge is 2.28. The van der Waals surface area contributed by atoms with E-state index in [2.05, 4.69) is 10.3 Å². The van der Waals surface area contributed by atoms with Crippen LogP contribution in [0.2, 0.25) is 0 Å². The third-order valence-corrected chi connectivity index (χ3v) is 3.24. The van der Waals surface area contributed by atoms with Gasteiger partial charge in [0.05, 0.1) is 12.0 Å². The summed E-state index contributed by atoms with van der Waals surface area (Å²) in [4.78, 5) is 18.0. The lowest BCUT2D eigenvalue weighted by atomic mass is 10.2. The number of likely N-dealkylation sites (tertiary alicyclic amines) is 1. The minimum Gasteiger partial charge on any atom is -0.459 e. The first kappa shape index (κ1) is 11.8. The van der Waals surface area contributed by atoms with E-state index in [4.69, 9.17) is 4.42 Å². The Morgan fingerprint density at radius 3 is 3.11 bits per heavy atom. The summed E-state index contributed by atoms with van der Waals surface area (Å²) in [5.74, 6) is 0.363. The van der Waals surface area contributed by atoms with Crippen LogP contribution in [0.15, 0.2) is 47.3 Å². The van der Waals surface area contributed by atoms with Crippen molar-refractivity contribution in [2.45, 2.75) is 12.5 Å². The van der Waals surface area contributed by atoms with Crippen LogP contribution in [-0.2, 0) is 0 Å². The first-order chi connectivity index (χ1) is 9.33. The number of carbonyl (C=O) groups is 1. The summed E-state index contributed by atoms with van der Waals surface area (Å²) >= 11 is 0. The van der Waals surface area contributed by atoms with E-state index in [1.54, 1.807) is 24.5 Å². The maximum absolute atomic E-state index is 12.1. The number of hydrogen-bond donors (Lipinski definition) is 1. The average Bonchev–Trinajstić information content (AvgIpc) is 3.10. The van der Waals surface area contributed by atoms with Crippen molar-refractivity contribution in [1.29, 1.82) is 0 Å². The third-order valence-electron chi connectivity index (χ3n) is 3.24. The molecule has 5 nitrogen and oxygen atoms in total. The maximum atomic E-state index is 12.1. The molecule has 0 radical (unpaired) electrons. The van der Waals surface area contributed by atoms with Gasteiger partial charge in [0.2, 0.25) is 0 Å². The Morgan fingerprint density at radius 1 is 1.42 bits per heavy atom. The molecule has 19 heavy (non-hydrogen) atoms. The van der Waals surface area contributed by atoms with Gasteiger partial charge >= 0.3 is 0 Å². The van der Waals surface area contributed by atoms with Crippen LogP contribution in [0.25, 0.3) is 0 Å². The zero-order valence-corrected chi connectivity index (χ0v) is 10.5. The highest BCUT2D eigenvalue weighted by atomic mass is 16.3. The molecular formula is C14H15N3O2. The number of pyridine rings is 1. The summed E-state index contributed by atoms with van der Waals surface area (Å²) in [5.41, 5.74) is 0.986. The first-order valence-electron chi connectivity index (χ1n) is 6.32. The number of anilines is 1. The summed E-state index contributed by atoms with van der Waals surface area (Å²) in [5, 5.41) is 3.38. The van der Waals surface area contributed by atoms with Crippen LogP contribution in [0.3, 0.4) is 0 Å². The van der Waals surface area contributed by atoms with Crippen LogP contribution in [0.1, 0.15) is 17.0 Å². The van der Waals surface area contributed by atoms with E-state index < -0.39 is 0 Å². The van der Waals surface area contributed by atoms with Gasteiger partial charge in [0.15, 0.2) is 5.76 Å². The molecule has 0 aromatic carbocycles. The smallest absolute Gasteiger partial charge is 0.289 e. The molecule has 1 fully saturated rings. The SMILES string of the molecule is O=C(c1ccco1)N1CC[C@H](Nc2cccnc2)C1. The summed E-state index contributed by atoms with van der Waals surface area (Å²) in [6.45, 7) is 1.44. The number of nitrogens with zero attached hydrogens (tertiary/aromatic N) is 2. The Labute approximate surface area is 111 Å². The van der Waals surface area contributed by atoms with Gasteiger partial charge in [-0.25, -0.2) is 0 Å². The van der Waals surface area contributed by atoms with Crippen molar-refractivity contribution in [3.8, 4) is 0 Å². The van der Waals surface area contributed by atoms with Gasteiger partial charge in [0.1, 0.15) is 0 Å². The van der Waals surface area contributed by atoms with Gasteiger partial charge < -0.3 is 14.6 Å². The molecule has 98 valence electrons. The summed E-state index contributed by atoms with van der Waals surface area (Å²) < 4.78 is 5.14. The summed E-state index contributed by atoms with van der Waals surface area (Å²) in [6.07, 6.45) is 5.99. The second kappa shape index (κ2) is 5.14. The van der Waals surface area contributed by atoms with Gasteiger partial charge in [-0.3, -0.25) is 9.78 Å². The van der Waals surface area contributed by atoms with Gasteiger partial charge in [0, 0.05) is 31.5 Å². The fourth-order valence-corrected chi connectivity index (χ4v) is 2.30. The normalized spacial score (nSPS) is 18.5. The Bertz CT molecular complexity index is 539. The second-order valence-electron chi connectivity index (χ2n) is 4.60. The van der Waals surface area contributed by atoms with E-state index in [9.17, 15) is 4.79 Å². The number of nitrogens with one attached hydrogen (secondary N) is 1. The molecule has 0 aliphatic carbocycles. The number of aromatic nitrogens is 1. The molecule has 1 aliphatic rings. The minimum atomic E-state index is -0.0412. The molecule has 1 atom stereocenters. The van der Waals surface area contributed by atoms with Gasteiger partial charge in [-0.2, -0.15) is 0 Å². The molecule has 5 heteroatoms. The number of hydrogen-bond acceptors (Lipinski definition) is 4. The van der Waals surface area contributed by atoms with E-state index in [0.717, 1.165) is 18.7 Å². The highest BCUT2D eigenvalue weighted by molar-refractivity contribution is 5.91. The quantitative estimate of drug-likeness (QED) is 0.913. The van der Waals surface area contributed by atoms with Crippen LogP contribution in [0.4, 0.5) is 5.69 Å². The van der Waals surface area contributed by atoms with Gasteiger partial charge in [0.25, 0.3) is 5.91 Å². The van der Waals surface area contributed by atoms with E-state index in [-0.39, 0.29) is 11.9 Å². The predicted molar refractivity (Wildman–Crippen MR) is 70.9 cm³/mol. The summed E-state index contributed by atoms with van der Waals surface area (Å²) in [6, 6.07) is 7.56. The van der Waals surface area contributed by atoms with Crippen molar-refractivity contribution in [1.82, 2.24) is 9.88 Å². The third kappa shape index (κ3) is 2.59. The minimum absolute atomic E-state index is 0.0412. The zero-order valence-electron chi connectivity index (χ0n) is 10.5. The molecule has 0 saturated carbocycles. The van der Waals surface area contributed by atoms with Crippen molar-refractivity contribution >= 4 is 11.6 Å². The largest absolute Gasteiger partial charge is 0.459 e. The van der Waals surface area contributed by atoms with E-state index in [1.807, 2.05) is 17.0 Å². The molecule has 1 aliphatic heterocycles. The van der Waals surface area contributed by atoms with Crippen LogP contribution in [0, 0.1) is 0 Å². The molecule has 1 amide bonds. The van der Waals surface area contributed by atoms with Crippen molar-refractivity contribution in [3.63, 3.8) is 0 Å².